The zero-order chi connectivity index (χ0) is 12.7. The summed E-state index contributed by atoms with van der Waals surface area (Å²) < 4.78 is 4.64. The minimum absolute atomic E-state index is 0.0169. The van der Waals surface area contributed by atoms with Gasteiger partial charge in [0.05, 0.1) is 24.7 Å². The van der Waals surface area contributed by atoms with Gasteiger partial charge in [-0.3, -0.25) is 0 Å². The molecule has 1 rings (SSSR count). The zero-order valence-corrected chi connectivity index (χ0v) is 10.1. The second-order valence-electron chi connectivity index (χ2n) is 3.69. The van der Waals surface area contributed by atoms with Gasteiger partial charge in [-0.15, -0.1) is 0 Å². The quantitative estimate of drug-likeness (QED) is 0.792. The first-order chi connectivity index (χ1) is 8.21. The lowest BCUT2D eigenvalue weighted by Crippen LogP contribution is -2.12. The fraction of sp³-hybridized carbons (Fsp3) is 0.385. The van der Waals surface area contributed by atoms with Crippen molar-refractivity contribution >= 4 is 11.7 Å². The van der Waals surface area contributed by atoms with Crippen LogP contribution in [0.1, 0.15) is 23.7 Å². The Bertz CT molecular complexity index is 424. The van der Waals surface area contributed by atoms with Crippen LogP contribution in [0.2, 0.25) is 0 Å². The van der Waals surface area contributed by atoms with E-state index in [0.29, 0.717) is 12.1 Å². The summed E-state index contributed by atoms with van der Waals surface area (Å²) in [5.41, 5.74) is 1.32. The Morgan fingerprint density at radius 3 is 2.94 bits per heavy atom. The van der Waals surface area contributed by atoms with Gasteiger partial charge in [0.15, 0.2) is 0 Å². The number of benzene rings is 1. The summed E-state index contributed by atoms with van der Waals surface area (Å²) >= 11 is 0. The number of anilines is 1. The molecule has 0 heterocycles. The summed E-state index contributed by atoms with van der Waals surface area (Å²) in [6, 6.07) is 9.26. The Balaban J connectivity index is 2.66. The number of nitrogens with zero attached hydrogens (tertiary/aromatic N) is 1. The Morgan fingerprint density at radius 2 is 2.35 bits per heavy atom. The lowest BCUT2D eigenvalue weighted by molar-refractivity contribution is 0.0601. The van der Waals surface area contributed by atoms with Gasteiger partial charge >= 0.3 is 5.97 Å². The smallest absolute Gasteiger partial charge is 0.337 e. The van der Waals surface area contributed by atoms with E-state index in [1.54, 1.807) is 18.2 Å². The molecule has 1 aromatic carbocycles. The van der Waals surface area contributed by atoms with Gasteiger partial charge in [0, 0.05) is 12.2 Å². The van der Waals surface area contributed by atoms with Crippen molar-refractivity contribution < 1.29 is 9.53 Å². The van der Waals surface area contributed by atoms with Crippen molar-refractivity contribution in [3.8, 4) is 6.07 Å². The maximum absolute atomic E-state index is 11.3. The summed E-state index contributed by atoms with van der Waals surface area (Å²) in [4.78, 5) is 11.3. The van der Waals surface area contributed by atoms with Crippen LogP contribution in [0.15, 0.2) is 24.3 Å². The molecule has 0 saturated heterocycles. The van der Waals surface area contributed by atoms with E-state index in [-0.39, 0.29) is 11.9 Å². The number of carbonyl (C=O) groups is 1. The van der Waals surface area contributed by atoms with E-state index in [0.717, 1.165) is 12.1 Å². The predicted octanol–water partition coefficient (Wildman–Crippen LogP) is 2.43. The minimum atomic E-state index is -0.360. The number of nitrogens with one attached hydrogen (secondary N) is 1. The number of ether oxygens (including phenoxy) is 1. The molecule has 1 aromatic rings. The molecule has 0 amide bonds. The van der Waals surface area contributed by atoms with Crippen LogP contribution >= 0.6 is 0 Å². The third-order valence-corrected chi connectivity index (χ3v) is 2.51. The average molecular weight is 232 g/mol. The maximum atomic E-state index is 11.3. The molecule has 1 unspecified atom stereocenters. The first-order valence-electron chi connectivity index (χ1n) is 5.53. The highest BCUT2D eigenvalue weighted by atomic mass is 16.5. The minimum Gasteiger partial charge on any atom is -0.465 e. The van der Waals surface area contributed by atoms with Gasteiger partial charge in [-0.05, 0) is 24.6 Å². The standard InChI is InChI=1S/C13H16N2O2/c1-3-10(8-14)9-15-12-6-4-5-11(7-12)13(16)17-2/h4-7,10,15H,3,9H2,1-2H3. The summed E-state index contributed by atoms with van der Waals surface area (Å²) in [6.45, 7) is 2.55. The van der Waals surface area contributed by atoms with E-state index in [1.165, 1.54) is 7.11 Å². The van der Waals surface area contributed by atoms with Gasteiger partial charge in [0.25, 0.3) is 0 Å². The largest absolute Gasteiger partial charge is 0.465 e. The Kier molecular flexibility index (Phi) is 5.02. The monoisotopic (exact) mass is 232 g/mol. The van der Waals surface area contributed by atoms with Gasteiger partial charge in [-0.1, -0.05) is 13.0 Å². The highest BCUT2D eigenvalue weighted by Crippen LogP contribution is 2.12. The van der Waals surface area contributed by atoms with E-state index in [1.807, 2.05) is 13.0 Å². The van der Waals surface area contributed by atoms with Crippen LogP contribution in [0.5, 0.6) is 0 Å². The SMILES string of the molecule is CCC(C#N)CNc1cccc(C(=O)OC)c1. The van der Waals surface area contributed by atoms with E-state index >= 15 is 0 Å². The Hall–Kier alpha value is -2.02. The van der Waals surface area contributed by atoms with Crippen molar-refractivity contribution in [2.24, 2.45) is 5.92 Å². The lowest BCUT2D eigenvalue weighted by Gasteiger charge is -2.10. The number of nitriles is 1. The van der Waals surface area contributed by atoms with Crippen molar-refractivity contribution in [3.63, 3.8) is 0 Å². The third-order valence-electron chi connectivity index (χ3n) is 2.51. The van der Waals surface area contributed by atoms with Crippen LogP contribution < -0.4 is 5.32 Å². The van der Waals surface area contributed by atoms with Crippen molar-refractivity contribution in [1.82, 2.24) is 0 Å². The number of carbonyl (C=O) groups excluding carboxylic acids is 1. The topological polar surface area (TPSA) is 62.1 Å². The second-order valence-corrected chi connectivity index (χ2v) is 3.69. The molecule has 0 bridgehead atoms. The van der Waals surface area contributed by atoms with Gasteiger partial charge in [0.2, 0.25) is 0 Å². The Labute approximate surface area is 101 Å². The van der Waals surface area contributed by atoms with Crippen LogP contribution in [0.3, 0.4) is 0 Å². The second kappa shape index (κ2) is 6.54. The third kappa shape index (κ3) is 3.80. The predicted molar refractivity (Wildman–Crippen MR) is 65.7 cm³/mol. The highest BCUT2D eigenvalue weighted by molar-refractivity contribution is 5.90. The van der Waals surface area contributed by atoms with Crippen molar-refractivity contribution in [2.45, 2.75) is 13.3 Å². The number of hydrogen-bond acceptors (Lipinski definition) is 4. The molecular weight excluding hydrogens is 216 g/mol. The fourth-order valence-corrected chi connectivity index (χ4v) is 1.40. The Morgan fingerprint density at radius 1 is 1.59 bits per heavy atom. The summed E-state index contributed by atoms with van der Waals surface area (Å²) in [5.74, 6) is -0.377. The lowest BCUT2D eigenvalue weighted by atomic mass is 10.1. The molecule has 17 heavy (non-hydrogen) atoms. The van der Waals surface area contributed by atoms with Gasteiger partial charge in [-0.25, -0.2) is 4.79 Å². The molecule has 0 fully saturated rings. The highest BCUT2D eigenvalue weighted by Gasteiger charge is 2.07. The molecule has 0 aliphatic rings. The molecule has 90 valence electrons. The molecule has 0 aromatic heterocycles. The molecule has 4 nitrogen and oxygen atoms in total. The van der Waals surface area contributed by atoms with E-state index < -0.39 is 0 Å². The fourth-order valence-electron chi connectivity index (χ4n) is 1.40. The van der Waals surface area contributed by atoms with Crippen molar-refractivity contribution in [1.29, 1.82) is 5.26 Å². The number of hydrogen-bond donors (Lipinski definition) is 1. The maximum Gasteiger partial charge on any atom is 0.337 e. The summed E-state index contributed by atoms with van der Waals surface area (Å²) in [5, 5.41) is 12.0. The van der Waals surface area contributed by atoms with Gasteiger partial charge in [-0.2, -0.15) is 5.26 Å². The molecule has 0 aliphatic carbocycles. The molecule has 0 saturated carbocycles. The van der Waals surface area contributed by atoms with E-state index in [4.69, 9.17) is 5.26 Å². The van der Waals surface area contributed by atoms with E-state index in [2.05, 4.69) is 16.1 Å². The number of esters is 1. The normalized spacial score (nSPS) is 11.4. The van der Waals surface area contributed by atoms with Gasteiger partial charge < -0.3 is 10.1 Å². The molecule has 0 aliphatic heterocycles. The van der Waals surface area contributed by atoms with Crippen LogP contribution in [0.4, 0.5) is 5.69 Å². The van der Waals surface area contributed by atoms with Crippen LogP contribution in [0, 0.1) is 17.2 Å². The molecule has 0 spiro atoms. The average Bonchev–Trinajstić information content (AvgIpc) is 2.39. The molecule has 0 radical (unpaired) electrons. The molecule has 1 atom stereocenters. The van der Waals surface area contributed by atoms with Crippen LogP contribution in [-0.2, 0) is 4.74 Å². The number of rotatable bonds is 5. The summed E-state index contributed by atoms with van der Waals surface area (Å²) in [7, 11) is 1.35. The summed E-state index contributed by atoms with van der Waals surface area (Å²) in [6.07, 6.45) is 0.806. The first kappa shape index (κ1) is 13.0. The zero-order valence-electron chi connectivity index (χ0n) is 10.1. The molecular formula is C13H16N2O2. The first-order valence-corrected chi connectivity index (χ1v) is 5.53. The van der Waals surface area contributed by atoms with E-state index in [9.17, 15) is 4.79 Å². The van der Waals surface area contributed by atoms with Crippen LogP contribution in [0.25, 0.3) is 0 Å². The van der Waals surface area contributed by atoms with Crippen molar-refractivity contribution in [2.75, 3.05) is 19.0 Å². The molecule has 4 heteroatoms. The van der Waals surface area contributed by atoms with Crippen molar-refractivity contribution in [3.05, 3.63) is 29.8 Å². The number of methoxy groups -OCH3 is 1. The molecule has 1 N–H and O–H groups in total. The van der Waals surface area contributed by atoms with Gasteiger partial charge in [0.1, 0.15) is 0 Å². The van der Waals surface area contributed by atoms with Crippen LogP contribution in [-0.4, -0.2) is 19.6 Å².